The molecule has 127 valence electrons. The Labute approximate surface area is 143 Å². The molecule has 1 radical (unpaired) electrons. The summed E-state index contributed by atoms with van der Waals surface area (Å²) in [7, 11) is 0. The van der Waals surface area contributed by atoms with Crippen LogP contribution in [0.2, 0.25) is 0 Å². The number of anilines is 1. The highest BCUT2D eigenvalue weighted by atomic mass is 16.2. The number of benzene rings is 1. The van der Waals surface area contributed by atoms with E-state index in [1.807, 2.05) is 6.42 Å². The zero-order chi connectivity index (χ0) is 17.6. The summed E-state index contributed by atoms with van der Waals surface area (Å²) in [6, 6.07) is 6.75. The number of amides is 3. The predicted molar refractivity (Wildman–Crippen MR) is 90.1 cm³/mol. The van der Waals surface area contributed by atoms with Crippen molar-refractivity contribution < 1.29 is 9.59 Å². The highest BCUT2D eigenvalue weighted by molar-refractivity contribution is 6.04. The fourth-order valence-corrected chi connectivity index (χ4v) is 3.48. The molecule has 2 fully saturated rings. The van der Waals surface area contributed by atoms with E-state index in [0.29, 0.717) is 24.3 Å². The van der Waals surface area contributed by atoms with Gasteiger partial charge in [0, 0.05) is 36.7 Å². The average Bonchev–Trinajstić information content (AvgIpc) is 3.15. The zero-order valence-electron chi connectivity index (χ0n) is 13.3. The molecule has 0 unspecified atom stereocenters. The molecule has 2 N–H and O–H groups in total. The Bertz CT molecular complexity index is 907. The van der Waals surface area contributed by atoms with Crippen LogP contribution in [0.15, 0.2) is 47.7 Å². The maximum Gasteiger partial charge on any atom is 0.325 e. The lowest BCUT2D eigenvalue weighted by molar-refractivity contribution is -0.124. The molecule has 1 aromatic carbocycles. The maximum atomic E-state index is 12.7. The monoisotopic (exact) mass is 338 g/mol. The SMILES string of the molecule is NC(=O)[C@]12[CH]CCN1C(=O)N(c1ccc(-n3ccncc3=O)cc1)C2. The lowest BCUT2D eigenvalue weighted by Gasteiger charge is -2.25. The third kappa shape index (κ3) is 2.21. The molecule has 0 spiro atoms. The van der Waals surface area contributed by atoms with Crippen molar-refractivity contribution in [3.8, 4) is 5.69 Å². The molecule has 2 saturated heterocycles. The largest absolute Gasteiger partial charge is 0.368 e. The van der Waals surface area contributed by atoms with Gasteiger partial charge in [0.05, 0.1) is 12.7 Å². The third-order valence-corrected chi connectivity index (χ3v) is 4.77. The standard InChI is InChI=1S/C17H16N5O3/c18-15(24)17-6-1-8-22(17)16(25)21(11-17)13-4-2-12(3-5-13)20-9-7-19-10-14(20)23/h2-7,9-10H,1,8,11H2,(H2,18,24)/t17-/m1/s1. The number of fused-ring (bicyclic) bond motifs is 1. The molecule has 8 nitrogen and oxygen atoms in total. The molecule has 1 atom stereocenters. The first-order valence-electron chi connectivity index (χ1n) is 7.89. The third-order valence-electron chi connectivity index (χ3n) is 4.77. The van der Waals surface area contributed by atoms with E-state index >= 15 is 0 Å². The molecule has 2 aliphatic rings. The van der Waals surface area contributed by atoms with Gasteiger partial charge < -0.3 is 10.6 Å². The number of nitrogens with zero attached hydrogens (tertiary/aromatic N) is 4. The van der Waals surface area contributed by atoms with Gasteiger partial charge in [-0.25, -0.2) is 4.79 Å². The molecule has 0 aliphatic carbocycles. The number of rotatable bonds is 3. The zero-order valence-corrected chi connectivity index (χ0v) is 13.3. The summed E-state index contributed by atoms with van der Waals surface area (Å²) in [6.45, 7) is 0.693. The van der Waals surface area contributed by atoms with E-state index in [0.717, 1.165) is 0 Å². The van der Waals surface area contributed by atoms with Crippen LogP contribution >= 0.6 is 0 Å². The second-order valence-corrected chi connectivity index (χ2v) is 6.10. The molecule has 2 aromatic rings. The van der Waals surface area contributed by atoms with Crippen LogP contribution in [0, 0.1) is 6.42 Å². The summed E-state index contributed by atoms with van der Waals surface area (Å²) in [4.78, 5) is 43.3. The minimum Gasteiger partial charge on any atom is -0.368 e. The fraction of sp³-hybridized carbons (Fsp3) is 0.235. The van der Waals surface area contributed by atoms with E-state index in [1.165, 1.54) is 21.9 Å². The van der Waals surface area contributed by atoms with Crippen molar-refractivity contribution in [1.29, 1.82) is 0 Å². The fourth-order valence-electron chi connectivity index (χ4n) is 3.48. The van der Waals surface area contributed by atoms with Gasteiger partial charge in [-0.3, -0.25) is 24.0 Å². The van der Waals surface area contributed by atoms with Gasteiger partial charge in [0.25, 0.3) is 5.56 Å². The van der Waals surface area contributed by atoms with Crippen molar-refractivity contribution in [3.63, 3.8) is 0 Å². The maximum absolute atomic E-state index is 12.7. The van der Waals surface area contributed by atoms with Crippen molar-refractivity contribution in [3.05, 3.63) is 59.6 Å². The number of hydrogen-bond acceptors (Lipinski definition) is 4. The van der Waals surface area contributed by atoms with Crippen LogP contribution in [0.4, 0.5) is 10.5 Å². The number of primary amides is 1. The van der Waals surface area contributed by atoms with Gasteiger partial charge in [-0.1, -0.05) is 0 Å². The first kappa shape index (κ1) is 15.4. The summed E-state index contributed by atoms with van der Waals surface area (Å²) >= 11 is 0. The Morgan fingerprint density at radius 3 is 2.52 bits per heavy atom. The van der Waals surface area contributed by atoms with Crippen molar-refractivity contribution in [2.45, 2.75) is 12.0 Å². The Morgan fingerprint density at radius 2 is 1.88 bits per heavy atom. The van der Waals surface area contributed by atoms with Crippen LogP contribution in [0.25, 0.3) is 5.69 Å². The molecule has 0 bridgehead atoms. The number of nitrogens with two attached hydrogens (primary N) is 1. The van der Waals surface area contributed by atoms with Crippen LogP contribution in [0.1, 0.15) is 6.42 Å². The van der Waals surface area contributed by atoms with Crippen LogP contribution in [0.3, 0.4) is 0 Å². The smallest absolute Gasteiger partial charge is 0.325 e. The molecular weight excluding hydrogens is 322 g/mol. The molecule has 3 heterocycles. The van der Waals surface area contributed by atoms with Crippen molar-refractivity contribution in [2.75, 3.05) is 18.0 Å². The van der Waals surface area contributed by atoms with E-state index in [2.05, 4.69) is 4.98 Å². The Hall–Kier alpha value is -3.16. The highest BCUT2D eigenvalue weighted by Crippen LogP contribution is 2.38. The van der Waals surface area contributed by atoms with Gasteiger partial charge in [-0.15, -0.1) is 0 Å². The van der Waals surface area contributed by atoms with Crippen LogP contribution in [0.5, 0.6) is 0 Å². The summed E-state index contributed by atoms with van der Waals surface area (Å²) < 4.78 is 1.46. The van der Waals surface area contributed by atoms with Crippen molar-refractivity contribution >= 4 is 17.6 Å². The van der Waals surface area contributed by atoms with Crippen LogP contribution in [-0.4, -0.2) is 45.0 Å². The minimum absolute atomic E-state index is 0.204. The predicted octanol–water partition coefficient (Wildman–Crippen LogP) is 0.307. The van der Waals surface area contributed by atoms with Crippen molar-refractivity contribution in [2.24, 2.45) is 5.73 Å². The Balaban J connectivity index is 1.65. The molecule has 4 rings (SSSR count). The molecule has 1 aromatic heterocycles. The second kappa shape index (κ2) is 5.44. The summed E-state index contributed by atoms with van der Waals surface area (Å²) in [5, 5.41) is 0. The number of urea groups is 1. The summed E-state index contributed by atoms with van der Waals surface area (Å²) in [5.41, 5.74) is 5.61. The molecule has 25 heavy (non-hydrogen) atoms. The molecule has 8 heteroatoms. The highest BCUT2D eigenvalue weighted by Gasteiger charge is 2.56. The Kier molecular flexibility index (Phi) is 3.34. The lowest BCUT2D eigenvalue weighted by Crippen LogP contribution is -2.53. The quantitative estimate of drug-likeness (QED) is 0.870. The topological polar surface area (TPSA) is 102 Å². The van der Waals surface area contributed by atoms with Gasteiger partial charge in [0.1, 0.15) is 5.54 Å². The number of carbonyl (C=O) groups is 2. The normalized spacial score (nSPS) is 22.3. The average molecular weight is 338 g/mol. The van der Waals surface area contributed by atoms with Crippen LogP contribution < -0.4 is 16.2 Å². The number of aromatic nitrogens is 2. The first-order valence-corrected chi connectivity index (χ1v) is 7.89. The van der Waals surface area contributed by atoms with E-state index in [1.54, 1.807) is 35.4 Å². The summed E-state index contributed by atoms with van der Waals surface area (Å²) in [5.74, 6) is -0.513. The molecular formula is C17H16N5O3. The van der Waals surface area contributed by atoms with Gasteiger partial charge in [-0.05, 0) is 30.7 Å². The van der Waals surface area contributed by atoms with Gasteiger partial charge in [0.2, 0.25) is 5.91 Å². The molecule has 3 amide bonds. The minimum atomic E-state index is -1.03. The molecule has 2 aliphatic heterocycles. The Morgan fingerprint density at radius 1 is 1.16 bits per heavy atom. The van der Waals surface area contributed by atoms with Gasteiger partial charge >= 0.3 is 6.03 Å². The summed E-state index contributed by atoms with van der Waals surface area (Å²) in [6.07, 6.45) is 6.81. The van der Waals surface area contributed by atoms with E-state index in [-0.39, 0.29) is 18.1 Å². The van der Waals surface area contributed by atoms with Crippen molar-refractivity contribution in [1.82, 2.24) is 14.5 Å². The number of hydrogen-bond donors (Lipinski definition) is 1. The van der Waals surface area contributed by atoms with Gasteiger partial charge in [-0.2, -0.15) is 0 Å². The van der Waals surface area contributed by atoms with E-state index in [9.17, 15) is 14.4 Å². The molecule has 0 saturated carbocycles. The van der Waals surface area contributed by atoms with E-state index in [4.69, 9.17) is 5.73 Å². The lowest BCUT2D eigenvalue weighted by atomic mass is 9.96. The second-order valence-electron chi connectivity index (χ2n) is 6.10. The van der Waals surface area contributed by atoms with Crippen LogP contribution in [-0.2, 0) is 4.79 Å². The van der Waals surface area contributed by atoms with Gasteiger partial charge in [0.15, 0.2) is 0 Å². The van der Waals surface area contributed by atoms with E-state index < -0.39 is 11.4 Å². The number of carbonyl (C=O) groups excluding carboxylic acids is 2. The first-order chi connectivity index (χ1) is 12.0.